The normalized spacial score (nSPS) is 13.1. The van der Waals surface area contributed by atoms with Gasteiger partial charge in [0.25, 0.3) is 10.0 Å². The second-order valence-electron chi connectivity index (χ2n) is 5.00. The molecule has 1 atom stereocenters. The van der Waals surface area contributed by atoms with Gasteiger partial charge in [-0.05, 0) is 29.5 Å². The number of hydrogen-bond acceptors (Lipinski definition) is 6. The number of aromatic nitrogens is 6. The maximum Gasteiger partial charge on any atom is 0.260 e. The van der Waals surface area contributed by atoms with E-state index in [0.717, 1.165) is 5.69 Å². The van der Waals surface area contributed by atoms with Gasteiger partial charge in [0.1, 0.15) is 0 Å². The molecule has 1 aromatic carbocycles. The highest BCUT2D eigenvalue weighted by molar-refractivity contribution is 7.89. The number of para-hydroxylation sites is 1. The molecule has 0 saturated carbocycles. The standard InChI is InChI=1S/C13H15N7O2S/c1-10(16-23(21,22)12-8-19(2)9-14-12)13-15-17-18-20(13)11-6-4-3-5-7-11/h3-10,16H,1-2H3. The first-order valence-corrected chi connectivity index (χ1v) is 8.30. The molecule has 1 N–H and O–H groups in total. The molecule has 1 unspecified atom stereocenters. The quantitative estimate of drug-likeness (QED) is 0.726. The van der Waals surface area contributed by atoms with Crippen LogP contribution in [0.1, 0.15) is 18.8 Å². The number of hydrogen-bond donors (Lipinski definition) is 1. The molecule has 0 aliphatic carbocycles. The van der Waals surface area contributed by atoms with Crippen LogP contribution in [0.4, 0.5) is 0 Å². The molecule has 0 fully saturated rings. The summed E-state index contributed by atoms with van der Waals surface area (Å²) in [6.07, 6.45) is 2.85. The summed E-state index contributed by atoms with van der Waals surface area (Å²) in [5, 5.41) is 11.4. The van der Waals surface area contributed by atoms with E-state index in [1.807, 2.05) is 30.3 Å². The van der Waals surface area contributed by atoms with Gasteiger partial charge < -0.3 is 4.57 Å². The number of sulfonamides is 1. The van der Waals surface area contributed by atoms with Crippen LogP contribution in [0.3, 0.4) is 0 Å². The van der Waals surface area contributed by atoms with Crippen LogP contribution in [0, 0.1) is 0 Å². The summed E-state index contributed by atoms with van der Waals surface area (Å²) in [6.45, 7) is 1.67. The van der Waals surface area contributed by atoms with Gasteiger partial charge in [0.15, 0.2) is 10.9 Å². The fourth-order valence-corrected chi connectivity index (χ4v) is 3.27. The van der Waals surface area contributed by atoms with Crippen LogP contribution in [0.2, 0.25) is 0 Å². The van der Waals surface area contributed by atoms with E-state index < -0.39 is 16.1 Å². The zero-order chi connectivity index (χ0) is 16.4. The fourth-order valence-electron chi connectivity index (χ4n) is 2.09. The van der Waals surface area contributed by atoms with Gasteiger partial charge in [0.2, 0.25) is 0 Å². The zero-order valence-electron chi connectivity index (χ0n) is 12.5. The summed E-state index contributed by atoms with van der Waals surface area (Å²) in [5.41, 5.74) is 0.747. The number of nitrogens with zero attached hydrogens (tertiary/aromatic N) is 6. The van der Waals surface area contributed by atoms with Gasteiger partial charge in [-0.15, -0.1) is 5.10 Å². The highest BCUT2D eigenvalue weighted by Gasteiger charge is 2.24. The van der Waals surface area contributed by atoms with Crippen molar-refractivity contribution in [1.29, 1.82) is 0 Å². The third kappa shape index (κ3) is 3.12. The third-order valence-electron chi connectivity index (χ3n) is 3.17. The average molecular weight is 333 g/mol. The summed E-state index contributed by atoms with van der Waals surface area (Å²) < 4.78 is 30.3. The number of imidazole rings is 1. The van der Waals surface area contributed by atoms with Crippen molar-refractivity contribution < 1.29 is 8.42 Å². The molecule has 9 nitrogen and oxygen atoms in total. The second kappa shape index (κ2) is 5.89. The molecule has 3 aromatic rings. The molecule has 0 aliphatic rings. The Morgan fingerprint density at radius 1 is 1.22 bits per heavy atom. The Labute approximate surface area is 133 Å². The molecule has 0 saturated heterocycles. The molecular weight excluding hydrogens is 318 g/mol. The van der Waals surface area contributed by atoms with Gasteiger partial charge in [-0.2, -0.15) is 9.40 Å². The van der Waals surface area contributed by atoms with E-state index in [0.29, 0.717) is 5.82 Å². The van der Waals surface area contributed by atoms with E-state index in [1.54, 1.807) is 18.5 Å². The molecule has 2 heterocycles. The largest absolute Gasteiger partial charge is 0.339 e. The topological polar surface area (TPSA) is 108 Å². The summed E-state index contributed by atoms with van der Waals surface area (Å²) >= 11 is 0. The molecule has 23 heavy (non-hydrogen) atoms. The molecule has 0 bridgehead atoms. The Balaban J connectivity index is 1.88. The zero-order valence-corrected chi connectivity index (χ0v) is 13.3. The first-order valence-electron chi connectivity index (χ1n) is 6.81. The maximum atomic E-state index is 12.3. The Hall–Kier alpha value is -2.59. The lowest BCUT2D eigenvalue weighted by Gasteiger charge is -2.12. The lowest BCUT2D eigenvalue weighted by Crippen LogP contribution is -2.29. The molecule has 10 heteroatoms. The third-order valence-corrected chi connectivity index (χ3v) is 4.60. The van der Waals surface area contributed by atoms with E-state index in [2.05, 4.69) is 25.2 Å². The van der Waals surface area contributed by atoms with Gasteiger partial charge in [-0.25, -0.2) is 13.4 Å². The van der Waals surface area contributed by atoms with Crippen molar-refractivity contribution in [3.63, 3.8) is 0 Å². The van der Waals surface area contributed by atoms with Crippen LogP contribution in [-0.2, 0) is 17.1 Å². The van der Waals surface area contributed by atoms with E-state index in [-0.39, 0.29) is 5.03 Å². The van der Waals surface area contributed by atoms with E-state index in [4.69, 9.17) is 0 Å². The number of benzene rings is 1. The minimum absolute atomic E-state index is 0.0504. The van der Waals surface area contributed by atoms with Crippen molar-refractivity contribution in [3.05, 3.63) is 48.7 Å². The van der Waals surface area contributed by atoms with Gasteiger partial charge in [0.05, 0.1) is 18.1 Å². The fraction of sp³-hybridized carbons (Fsp3) is 0.231. The highest BCUT2D eigenvalue weighted by Crippen LogP contribution is 2.16. The number of tetrazole rings is 1. The second-order valence-corrected chi connectivity index (χ2v) is 6.67. The minimum Gasteiger partial charge on any atom is -0.339 e. The SMILES string of the molecule is CC(NS(=O)(=O)c1cn(C)cn1)c1nnnn1-c1ccccc1. The lowest BCUT2D eigenvalue weighted by atomic mass is 10.3. The van der Waals surface area contributed by atoms with E-state index in [9.17, 15) is 8.42 Å². The molecule has 0 spiro atoms. The van der Waals surface area contributed by atoms with Crippen LogP contribution in [0.15, 0.2) is 47.9 Å². The first-order chi connectivity index (χ1) is 11.0. The highest BCUT2D eigenvalue weighted by atomic mass is 32.2. The van der Waals surface area contributed by atoms with Crippen LogP contribution in [0.25, 0.3) is 5.69 Å². The van der Waals surface area contributed by atoms with Crippen molar-refractivity contribution in [1.82, 2.24) is 34.5 Å². The number of rotatable bonds is 5. The average Bonchev–Trinajstić information content (AvgIpc) is 3.16. The minimum atomic E-state index is -3.75. The summed E-state index contributed by atoms with van der Waals surface area (Å²) in [6, 6.07) is 8.62. The summed E-state index contributed by atoms with van der Waals surface area (Å²) in [5.74, 6) is 0.385. The van der Waals surface area contributed by atoms with E-state index >= 15 is 0 Å². The Morgan fingerprint density at radius 2 is 1.96 bits per heavy atom. The Kier molecular flexibility index (Phi) is 3.92. The smallest absolute Gasteiger partial charge is 0.260 e. The van der Waals surface area contributed by atoms with Crippen molar-refractivity contribution in [2.24, 2.45) is 7.05 Å². The van der Waals surface area contributed by atoms with Crippen molar-refractivity contribution >= 4 is 10.0 Å². The summed E-state index contributed by atoms with van der Waals surface area (Å²) in [4.78, 5) is 3.86. The molecule has 0 radical (unpaired) electrons. The van der Waals surface area contributed by atoms with Gasteiger partial charge in [-0.1, -0.05) is 18.2 Å². The maximum absolute atomic E-state index is 12.3. The molecule has 0 amide bonds. The molecule has 2 aromatic heterocycles. The van der Waals surface area contributed by atoms with Crippen molar-refractivity contribution in [2.45, 2.75) is 18.0 Å². The van der Waals surface area contributed by atoms with Crippen LogP contribution in [0.5, 0.6) is 0 Å². The predicted molar refractivity (Wildman–Crippen MR) is 81.1 cm³/mol. The predicted octanol–water partition coefficient (Wildman–Crippen LogP) is 0.435. The van der Waals surface area contributed by atoms with Gasteiger partial charge in [0, 0.05) is 13.2 Å². The summed E-state index contributed by atoms with van der Waals surface area (Å²) in [7, 11) is -2.05. The Morgan fingerprint density at radius 3 is 2.61 bits per heavy atom. The molecular formula is C13H15N7O2S. The van der Waals surface area contributed by atoms with Crippen molar-refractivity contribution in [2.75, 3.05) is 0 Å². The number of aryl methyl sites for hydroxylation is 1. The molecule has 120 valence electrons. The first kappa shape index (κ1) is 15.3. The van der Waals surface area contributed by atoms with E-state index in [1.165, 1.54) is 17.2 Å². The molecule has 0 aliphatic heterocycles. The van der Waals surface area contributed by atoms with Crippen LogP contribution in [-0.4, -0.2) is 38.2 Å². The molecule has 3 rings (SSSR count). The van der Waals surface area contributed by atoms with Gasteiger partial charge in [-0.3, -0.25) is 0 Å². The van der Waals surface area contributed by atoms with Crippen LogP contribution < -0.4 is 4.72 Å². The van der Waals surface area contributed by atoms with Gasteiger partial charge >= 0.3 is 0 Å². The lowest BCUT2D eigenvalue weighted by molar-refractivity contribution is 0.552. The van der Waals surface area contributed by atoms with Crippen LogP contribution >= 0.6 is 0 Å². The monoisotopic (exact) mass is 333 g/mol. The van der Waals surface area contributed by atoms with Crippen molar-refractivity contribution in [3.8, 4) is 5.69 Å². The Bertz CT molecular complexity index is 901. The number of nitrogens with one attached hydrogen (secondary N) is 1.